The SMILES string of the molecule is C=CCn1c(-c2c(C)oc3ccccc23)cs/c1=N\S(=O)(=O)c1ccc(C)cc1. The molecule has 0 bridgehead atoms. The van der Waals surface area contributed by atoms with E-state index in [9.17, 15) is 8.42 Å². The smallest absolute Gasteiger partial charge is 0.285 e. The number of rotatable bonds is 5. The average Bonchev–Trinajstić information content (AvgIpc) is 3.21. The molecule has 0 saturated heterocycles. The van der Waals surface area contributed by atoms with Gasteiger partial charge in [0, 0.05) is 22.9 Å². The highest BCUT2D eigenvalue weighted by atomic mass is 32.2. The van der Waals surface area contributed by atoms with Gasteiger partial charge in [0.25, 0.3) is 10.0 Å². The minimum atomic E-state index is -3.82. The Balaban J connectivity index is 1.92. The van der Waals surface area contributed by atoms with Crippen LogP contribution in [0.2, 0.25) is 0 Å². The van der Waals surface area contributed by atoms with Crippen LogP contribution in [-0.4, -0.2) is 13.0 Å². The van der Waals surface area contributed by atoms with E-state index in [2.05, 4.69) is 11.0 Å². The quantitative estimate of drug-likeness (QED) is 0.421. The first-order valence-corrected chi connectivity index (χ1v) is 11.4. The maximum Gasteiger partial charge on any atom is 0.285 e. The van der Waals surface area contributed by atoms with Gasteiger partial charge >= 0.3 is 0 Å². The van der Waals surface area contributed by atoms with E-state index in [4.69, 9.17) is 4.42 Å². The van der Waals surface area contributed by atoms with E-state index in [-0.39, 0.29) is 4.90 Å². The summed E-state index contributed by atoms with van der Waals surface area (Å²) in [6, 6.07) is 14.5. The molecule has 4 rings (SSSR count). The monoisotopic (exact) mass is 424 g/mol. The van der Waals surface area contributed by atoms with Crippen LogP contribution < -0.4 is 4.80 Å². The van der Waals surface area contributed by atoms with Crippen molar-refractivity contribution in [3.8, 4) is 11.3 Å². The molecule has 7 heteroatoms. The molecule has 0 aliphatic rings. The molecule has 0 spiro atoms. The maximum absolute atomic E-state index is 12.8. The minimum absolute atomic E-state index is 0.174. The molecule has 29 heavy (non-hydrogen) atoms. The van der Waals surface area contributed by atoms with Crippen molar-refractivity contribution in [2.24, 2.45) is 4.40 Å². The number of thiazole rings is 1. The lowest BCUT2D eigenvalue weighted by molar-refractivity contribution is 0.579. The van der Waals surface area contributed by atoms with Crippen LogP contribution in [0.3, 0.4) is 0 Å². The van der Waals surface area contributed by atoms with Crippen molar-refractivity contribution in [2.75, 3.05) is 0 Å². The molecule has 0 saturated carbocycles. The standard InChI is InChI=1S/C22H20N2O3S2/c1-4-13-24-19(21-16(3)27-20-8-6-5-7-18(20)21)14-28-22(24)23-29(25,26)17-11-9-15(2)10-12-17/h4-12,14H,1,13H2,2-3H3/b23-22-. The zero-order valence-corrected chi connectivity index (χ0v) is 17.8. The third-order valence-electron chi connectivity index (χ3n) is 4.65. The Bertz CT molecular complexity index is 1370. The summed E-state index contributed by atoms with van der Waals surface area (Å²) in [5.74, 6) is 0.773. The molecule has 2 aromatic heterocycles. The lowest BCUT2D eigenvalue weighted by Gasteiger charge is -2.06. The third kappa shape index (κ3) is 3.59. The number of hydrogen-bond donors (Lipinski definition) is 0. The van der Waals surface area contributed by atoms with Crippen molar-refractivity contribution < 1.29 is 12.8 Å². The number of nitrogens with zero attached hydrogens (tertiary/aromatic N) is 2. The number of allylic oxidation sites excluding steroid dienone is 1. The fourth-order valence-electron chi connectivity index (χ4n) is 3.26. The molecule has 148 valence electrons. The Labute approximate surface area is 173 Å². The topological polar surface area (TPSA) is 64.6 Å². The van der Waals surface area contributed by atoms with E-state index < -0.39 is 10.0 Å². The number of hydrogen-bond acceptors (Lipinski definition) is 4. The summed E-state index contributed by atoms with van der Waals surface area (Å²) in [6.07, 6.45) is 1.73. The second-order valence-corrected chi connectivity index (χ2v) is 9.15. The van der Waals surface area contributed by atoms with E-state index in [1.807, 2.05) is 48.1 Å². The van der Waals surface area contributed by atoms with Gasteiger partial charge in [-0.25, -0.2) is 0 Å². The normalized spacial score (nSPS) is 12.6. The zero-order valence-electron chi connectivity index (χ0n) is 16.1. The first-order chi connectivity index (χ1) is 13.9. The van der Waals surface area contributed by atoms with Crippen LogP contribution in [0, 0.1) is 13.8 Å². The molecule has 0 unspecified atom stereocenters. The third-order valence-corrected chi connectivity index (χ3v) is 6.91. The molecule has 4 aromatic rings. The highest BCUT2D eigenvalue weighted by molar-refractivity contribution is 7.90. The largest absolute Gasteiger partial charge is 0.461 e. The fourth-order valence-corrected chi connectivity index (χ4v) is 5.38. The van der Waals surface area contributed by atoms with Crippen molar-refractivity contribution in [1.29, 1.82) is 0 Å². The van der Waals surface area contributed by atoms with Crippen LogP contribution in [0.5, 0.6) is 0 Å². The van der Waals surface area contributed by atoms with Gasteiger partial charge in [0.1, 0.15) is 11.3 Å². The van der Waals surface area contributed by atoms with Gasteiger partial charge in [0.2, 0.25) is 4.80 Å². The average molecular weight is 425 g/mol. The highest BCUT2D eigenvalue weighted by Crippen LogP contribution is 2.34. The predicted octanol–water partition coefficient (Wildman–Crippen LogP) is 5.06. The number of benzene rings is 2. The maximum atomic E-state index is 12.8. The van der Waals surface area contributed by atoms with Crippen molar-refractivity contribution >= 4 is 32.3 Å². The van der Waals surface area contributed by atoms with Gasteiger partial charge < -0.3 is 8.98 Å². The Morgan fingerprint density at radius 2 is 1.86 bits per heavy atom. The number of para-hydroxylation sites is 1. The minimum Gasteiger partial charge on any atom is -0.461 e. The van der Waals surface area contributed by atoms with Crippen LogP contribution in [0.15, 0.2) is 80.3 Å². The van der Waals surface area contributed by atoms with Crippen molar-refractivity contribution in [2.45, 2.75) is 25.3 Å². The first kappa shape index (κ1) is 19.4. The molecule has 0 atom stereocenters. The van der Waals surface area contributed by atoms with E-state index >= 15 is 0 Å². The number of sulfonamides is 1. The van der Waals surface area contributed by atoms with E-state index in [0.29, 0.717) is 11.3 Å². The summed E-state index contributed by atoms with van der Waals surface area (Å²) in [5.41, 5.74) is 3.58. The van der Waals surface area contributed by atoms with Crippen LogP contribution >= 0.6 is 11.3 Å². The van der Waals surface area contributed by atoms with Crippen molar-refractivity contribution in [3.05, 3.63) is 82.7 Å². The number of furan rings is 1. The molecule has 0 fully saturated rings. The second kappa shape index (κ2) is 7.50. The summed E-state index contributed by atoms with van der Waals surface area (Å²) in [7, 11) is -3.82. The molecule has 0 N–H and O–H groups in total. The summed E-state index contributed by atoms with van der Waals surface area (Å²) >= 11 is 1.28. The van der Waals surface area contributed by atoms with Crippen molar-refractivity contribution in [1.82, 2.24) is 4.57 Å². The Hall–Kier alpha value is -2.90. The molecule has 2 aromatic carbocycles. The summed E-state index contributed by atoms with van der Waals surface area (Å²) in [4.78, 5) is 0.568. The van der Waals surface area contributed by atoms with Crippen molar-refractivity contribution in [3.63, 3.8) is 0 Å². The van der Waals surface area contributed by atoms with Crippen LogP contribution in [0.1, 0.15) is 11.3 Å². The second-order valence-electron chi connectivity index (χ2n) is 6.71. The van der Waals surface area contributed by atoms with E-state index in [1.165, 1.54) is 11.3 Å². The lowest BCUT2D eigenvalue weighted by Crippen LogP contribution is -2.17. The fraction of sp³-hybridized carbons (Fsp3) is 0.136. The van der Waals surface area contributed by atoms with Gasteiger partial charge in [-0.2, -0.15) is 8.42 Å². The van der Waals surface area contributed by atoms with Gasteiger partial charge in [-0.15, -0.1) is 22.3 Å². The number of aromatic nitrogens is 1. The predicted molar refractivity (Wildman–Crippen MR) is 116 cm³/mol. The lowest BCUT2D eigenvalue weighted by atomic mass is 10.1. The van der Waals surface area contributed by atoms with Gasteiger partial charge in [0.05, 0.1) is 10.6 Å². The van der Waals surface area contributed by atoms with E-state index in [1.54, 1.807) is 30.3 Å². The van der Waals surface area contributed by atoms with Crippen LogP contribution in [0.4, 0.5) is 0 Å². The molecule has 5 nitrogen and oxygen atoms in total. The molecule has 0 aliphatic heterocycles. The Kier molecular flexibility index (Phi) is 5.02. The first-order valence-electron chi connectivity index (χ1n) is 9.06. The van der Waals surface area contributed by atoms with Gasteiger partial charge in [-0.05, 0) is 32.0 Å². The highest BCUT2D eigenvalue weighted by Gasteiger charge is 2.19. The Morgan fingerprint density at radius 3 is 2.59 bits per heavy atom. The van der Waals surface area contributed by atoms with Crippen LogP contribution in [0.25, 0.3) is 22.2 Å². The summed E-state index contributed by atoms with van der Waals surface area (Å²) in [5, 5.41) is 2.89. The molecule has 0 amide bonds. The van der Waals surface area contributed by atoms with Gasteiger partial charge in [-0.3, -0.25) is 0 Å². The van der Waals surface area contributed by atoms with E-state index in [0.717, 1.165) is 33.6 Å². The van der Waals surface area contributed by atoms with Gasteiger partial charge in [0.15, 0.2) is 0 Å². The zero-order chi connectivity index (χ0) is 20.6. The van der Waals surface area contributed by atoms with Gasteiger partial charge in [-0.1, -0.05) is 42.0 Å². The summed E-state index contributed by atoms with van der Waals surface area (Å²) < 4.78 is 37.5. The number of aryl methyl sites for hydroxylation is 2. The Morgan fingerprint density at radius 1 is 1.14 bits per heavy atom. The summed E-state index contributed by atoms with van der Waals surface area (Å²) in [6.45, 7) is 8.07. The molecular formula is C22H20N2O3S2. The molecule has 0 aliphatic carbocycles. The van der Waals surface area contributed by atoms with Crippen LogP contribution in [-0.2, 0) is 16.6 Å². The molecule has 2 heterocycles. The molecular weight excluding hydrogens is 404 g/mol. The molecule has 0 radical (unpaired) electrons. The number of fused-ring (bicyclic) bond motifs is 1.